The maximum absolute atomic E-state index is 12.9. The topological polar surface area (TPSA) is 53.8 Å². The van der Waals surface area contributed by atoms with Crippen molar-refractivity contribution in [3.8, 4) is 0 Å². The second-order valence-corrected chi connectivity index (χ2v) is 6.99. The van der Waals surface area contributed by atoms with E-state index in [1.807, 2.05) is 36.9 Å². The van der Waals surface area contributed by atoms with Crippen molar-refractivity contribution >= 4 is 38.7 Å². The molecule has 2 aromatic rings. The van der Waals surface area contributed by atoms with Crippen molar-refractivity contribution in [2.24, 2.45) is 0 Å². The summed E-state index contributed by atoms with van der Waals surface area (Å²) in [6.07, 6.45) is 1.30. The minimum absolute atomic E-state index is 0.0920. The SMILES string of the molecule is CCC(=O)N1CCCN(C(=O)c2oc3ccc(Br)cc3c2C)CC1. The molecule has 3 rings (SSSR count). The van der Waals surface area contributed by atoms with Crippen LogP contribution < -0.4 is 0 Å². The molecule has 1 saturated heterocycles. The van der Waals surface area contributed by atoms with Crippen LogP contribution in [0.15, 0.2) is 27.1 Å². The largest absolute Gasteiger partial charge is 0.451 e. The highest BCUT2D eigenvalue weighted by molar-refractivity contribution is 9.10. The van der Waals surface area contributed by atoms with Gasteiger partial charge in [-0.3, -0.25) is 9.59 Å². The fourth-order valence-corrected chi connectivity index (χ4v) is 3.50. The Morgan fingerprint density at radius 2 is 1.88 bits per heavy atom. The Morgan fingerprint density at radius 3 is 2.62 bits per heavy atom. The maximum Gasteiger partial charge on any atom is 0.289 e. The van der Waals surface area contributed by atoms with Gasteiger partial charge in [0.2, 0.25) is 5.91 Å². The molecule has 1 aliphatic heterocycles. The average Bonchev–Trinajstić information content (AvgIpc) is 2.77. The predicted octanol–water partition coefficient (Wildman–Crippen LogP) is 3.59. The van der Waals surface area contributed by atoms with Crippen LogP contribution in [-0.2, 0) is 4.79 Å². The third-order valence-electron chi connectivity index (χ3n) is 4.53. The lowest BCUT2D eigenvalue weighted by molar-refractivity contribution is -0.130. The van der Waals surface area contributed by atoms with Crippen molar-refractivity contribution in [3.05, 3.63) is 34.0 Å². The van der Waals surface area contributed by atoms with E-state index < -0.39 is 0 Å². The van der Waals surface area contributed by atoms with Gasteiger partial charge in [0.15, 0.2) is 5.76 Å². The van der Waals surface area contributed by atoms with E-state index in [0.29, 0.717) is 38.4 Å². The van der Waals surface area contributed by atoms with Crippen molar-refractivity contribution in [3.63, 3.8) is 0 Å². The van der Waals surface area contributed by atoms with Gasteiger partial charge in [-0.05, 0) is 31.5 Å². The number of fused-ring (bicyclic) bond motifs is 1. The minimum atomic E-state index is -0.0920. The molecule has 5 nitrogen and oxygen atoms in total. The fourth-order valence-electron chi connectivity index (χ4n) is 3.13. The normalized spacial score (nSPS) is 15.6. The van der Waals surface area contributed by atoms with Crippen molar-refractivity contribution in [1.82, 2.24) is 9.80 Å². The van der Waals surface area contributed by atoms with Crippen LogP contribution in [0.2, 0.25) is 0 Å². The van der Waals surface area contributed by atoms with Crippen molar-refractivity contribution in [2.45, 2.75) is 26.7 Å². The lowest BCUT2D eigenvalue weighted by Crippen LogP contribution is -2.37. The Labute approximate surface area is 149 Å². The molecule has 2 heterocycles. The second-order valence-electron chi connectivity index (χ2n) is 6.08. The number of nitrogens with zero attached hydrogens (tertiary/aromatic N) is 2. The van der Waals surface area contributed by atoms with E-state index in [1.165, 1.54) is 0 Å². The summed E-state index contributed by atoms with van der Waals surface area (Å²) < 4.78 is 6.77. The molecule has 1 aromatic carbocycles. The Bertz CT molecular complexity index is 784. The van der Waals surface area contributed by atoms with Crippen molar-refractivity contribution in [1.29, 1.82) is 0 Å². The maximum atomic E-state index is 12.9. The summed E-state index contributed by atoms with van der Waals surface area (Å²) in [5.41, 5.74) is 1.58. The van der Waals surface area contributed by atoms with E-state index in [-0.39, 0.29) is 11.8 Å². The molecule has 0 atom stereocenters. The first-order chi connectivity index (χ1) is 11.5. The zero-order chi connectivity index (χ0) is 17.3. The molecule has 0 radical (unpaired) electrons. The minimum Gasteiger partial charge on any atom is -0.451 e. The molecule has 1 aliphatic rings. The average molecular weight is 393 g/mol. The number of hydrogen-bond acceptors (Lipinski definition) is 3. The first-order valence-corrected chi connectivity index (χ1v) is 9.06. The summed E-state index contributed by atoms with van der Waals surface area (Å²) in [5.74, 6) is 0.457. The Morgan fingerprint density at radius 1 is 1.17 bits per heavy atom. The van der Waals surface area contributed by atoms with Gasteiger partial charge in [0.05, 0.1) is 0 Å². The number of furan rings is 1. The lowest BCUT2D eigenvalue weighted by Gasteiger charge is -2.21. The summed E-state index contributed by atoms with van der Waals surface area (Å²) >= 11 is 3.45. The first-order valence-electron chi connectivity index (χ1n) is 8.27. The van der Waals surface area contributed by atoms with Gasteiger partial charge >= 0.3 is 0 Å². The predicted molar refractivity (Wildman–Crippen MR) is 96.0 cm³/mol. The quantitative estimate of drug-likeness (QED) is 0.784. The molecule has 0 saturated carbocycles. The van der Waals surface area contributed by atoms with E-state index in [4.69, 9.17) is 4.42 Å². The van der Waals surface area contributed by atoms with Crippen molar-refractivity contribution < 1.29 is 14.0 Å². The zero-order valence-corrected chi connectivity index (χ0v) is 15.6. The van der Waals surface area contributed by atoms with Gasteiger partial charge in [0, 0.05) is 48.0 Å². The highest BCUT2D eigenvalue weighted by atomic mass is 79.9. The highest BCUT2D eigenvalue weighted by Gasteiger charge is 2.26. The molecule has 0 bridgehead atoms. The van der Waals surface area contributed by atoms with E-state index in [1.54, 1.807) is 4.90 Å². The summed E-state index contributed by atoms with van der Waals surface area (Å²) in [6, 6.07) is 5.74. The van der Waals surface area contributed by atoms with Crippen LogP contribution in [0.25, 0.3) is 11.0 Å². The third kappa shape index (κ3) is 3.20. The number of carbonyl (C=O) groups excluding carboxylic acids is 2. The van der Waals surface area contributed by atoms with Crippen LogP contribution in [0.3, 0.4) is 0 Å². The Kier molecular flexibility index (Phi) is 4.94. The molecule has 6 heteroatoms. The van der Waals surface area contributed by atoms with E-state index in [9.17, 15) is 9.59 Å². The smallest absolute Gasteiger partial charge is 0.289 e. The standard InChI is InChI=1S/C18H21BrN2O3/c1-3-16(22)20-7-4-8-21(10-9-20)18(23)17-12(2)14-11-13(19)5-6-15(14)24-17/h5-6,11H,3-4,7-10H2,1-2H3. The number of benzene rings is 1. The number of rotatable bonds is 2. The molecule has 1 fully saturated rings. The van der Waals surface area contributed by atoms with Crippen molar-refractivity contribution in [2.75, 3.05) is 26.2 Å². The molecule has 1 aromatic heterocycles. The van der Waals surface area contributed by atoms with Gasteiger partial charge < -0.3 is 14.2 Å². The van der Waals surface area contributed by atoms with Gasteiger partial charge in [-0.1, -0.05) is 22.9 Å². The van der Waals surface area contributed by atoms with Crippen LogP contribution in [0.1, 0.15) is 35.9 Å². The molecule has 2 amide bonds. The van der Waals surface area contributed by atoms with E-state index in [0.717, 1.165) is 27.4 Å². The fraction of sp³-hybridized carbons (Fsp3) is 0.444. The molecular formula is C18H21BrN2O3. The molecule has 0 unspecified atom stereocenters. The molecule has 0 spiro atoms. The van der Waals surface area contributed by atoms with Gasteiger partial charge in [-0.2, -0.15) is 0 Å². The number of aryl methyl sites for hydroxylation is 1. The summed E-state index contributed by atoms with van der Waals surface area (Å²) in [5, 5.41) is 0.949. The lowest BCUT2D eigenvalue weighted by atomic mass is 10.1. The molecule has 128 valence electrons. The van der Waals surface area contributed by atoms with Crippen LogP contribution in [0, 0.1) is 6.92 Å². The van der Waals surface area contributed by atoms with Crippen LogP contribution >= 0.6 is 15.9 Å². The Balaban J connectivity index is 1.82. The van der Waals surface area contributed by atoms with Crippen LogP contribution in [0.5, 0.6) is 0 Å². The van der Waals surface area contributed by atoms with Gasteiger partial charge in [0.25, 0.3) is 5.91 Å². The summed E-state index contributed by atoms with van der Waals surface area (Å²) in [7, 11) is 0. The zero-order valence-electron chi connectivity index (χ0n) is 14.0. The highest BCUT2D eigenvalue weighted by Crippen LogP contribution is 2.29. The van der Waals surface area contributed by atoms with E-state index >= 15 is 0 Å². The number of carbonyl (C=O) groups is 2. The van der Waals surface area contributed by atoms with Gasteiger partial charge in [-0.25, -0.2) is 0 Å². The first kappa shape index (κ1) is 17.0. The molecule has 0 N–H and O–H groups in total. The van der Waals surface area contributed by atoms with Crippen LogP contribution in [-0.4, -0.2) is 47.8 Å². The summed E-state index contributed by atoms with van der Waals surface area (Å²) in [4.78, 5) is 28.4. The monoisotopic (exact) mass is 392 g/mol. The third-order valence-corrected chi connectivity index (χ3v) is 5.02. The van der Waals surface area contributed by atoms with Gasteiger partial charge in [-0.15, -0.1) is 0 Å². The second kappa shape index (κ2) is 6.97. The molecule has 0 aliphatic carbocycles. The summed E-state index contributed by atoms with van der Waals surface area (Å²) in [6.45, 7) is 6.27. The number of halogens is 1. The van der Waals surface area contributed by atoms with E-state index in [2.05, 4.69) is 15.9 Å². The number of hydrogen-bond donors (Lipinski definition) is 0. The molecule has 24 heavy (non-hydrogen) atoms. The molecular weight excluding hydrogens is 372 g/mol. The van der Waals surface area contributed by atoms with Crippen LogP contribution in [0.4, 0.5) is 0 Å². The number of amides is 2. The Hall–Kier alpha value is -1.82. The van der Waals surface area contributed by atoms with Gasteiger partial charge in [0.1, 0.15) is 5.58 Å².